The Morgan fingerprint density at radius 2 is 2.08 bits per heavy atom. The van der Waals surface area contributed by atoms with E-state index in [0.717, 1.165) is 27.6 Å². The Morgan fingerprint density at radius 3 is 2.77 bits per heavy atom. The SMILES string of the molecule is Cc1ccsc1CN(C)[C@@H](C)c1nc2scc(-c3cccs3)c2c(=O)[nH]1. The summed E-state index contributed by atoms with van der Waals surface area (Å²) in [6.07, 6.45) is 0. The smallest absolute Gasteiger partial charge is 0.260 e. The lowest BCUT2D eigenvalue weighted by molar-refractivity contribution is 0.245. The molecule has 0 saturated carbocycles. The van der Waals surface area contributed by atoms with Gasteiger partial charge in [-0.3, -0.25) is 9.69 Å². The van der Waals surface area contributed by atoms with Crippen LogP contribution in [0.1, 0.15) is 29.2 Å². The Balaban J connectivity index is 1.67. The van der Waals surface area contributed by atoms with Crippen molar-refractivity contribution < 1.29 is 0 Å². The fourth-order valence-corrected chi connectivity index (χ4v) is 5.65. The summed E-state index contributed by atoms with van der Waals surface area (Å²) < 4.78 is 0. The molecule has 4 rings (SSSR count). The second-order valence-corrected chi connectivity index (χ2v) is 9.18. The van der Waals surface area contributed by atoms with Crippen LogP contribution in [0.25, 0.3) is 20.7 Å². The highest BCUT2D eigenvalue weighted by Crippen LogP contribution is 2.34. The van der Waals surface area contributed by atoms with Crippen molar-refractivity contribution in [3.8, 4) is 10.4 Å². The van der Waals surface area contributed by atoms with Gasteiger partial charge >= 0.3 is 0 Å². The number of thiophene rings is 3. The maximum atomic E-state index is 12.8. The molecule has 0 unspecified atom stereocenters. The molecular weight excluding hydrogens is 382 g/mol. The van der Waals surface area contributed by atoms with Gasteiger partial charge in [0.2, 0.25) is 0 Å². The number of aromatic nitrogens is 2. The fraction of sp³-hybridized carbons (Fsp3) is 0.263. The van der Waals surface area contributed by atoms with E-state index >= 15 is 0 Å². The van der Waals surface area contributed by atoms with Crippen molar-refractivity contribution in [1.29, 1.82) is 0 Å². The number of H-pyrrole nitrogens is 1. The number of hydrogen-bond acceptors (Lipinski definition) is 6. The molecule has 0 radical (unpaired) electrons. The lowest BCUT2D eigenvalue weighted by atomic mass is 10.2. The maximum absolute atomic E-state index is 12.8. The number of nitrogens with zero attached hydrogens (tertiary/aromatic N) is 2. The molecule has 0 amide bonds. The largest absolute Gasteiger partial charge is 0.309 e. The maximum Gasteiger partial charge on any atom is 0.260 e. The Hall–Kier alpha value is -1.80. The van der Waals surface area contributed by atoms with Gasteiger partial charge in [0.25, 0.3) is 5.56 Å². The molecule has 0 aliphatic carbocycles. The van der Waals surface area contributed by atoms with E-state index in [-0.39, 0.29) is 11.6 Å². The van der Waals surface area contributed by atoms with Crippen LogP contribution in [-0.4, -0.2) is 21.9 Å². The van der Waals surface area contributed by atoms with Crippen molar-refractivity contribution in [3.63, 3.8) is 0 Å². The summed E-state index contributed by atoms with van der Waals surface area (Å²) in [7, 11) is 2.07. The minimum atomic E-state index is -0.0535. The first-order chi connectivity index (χ1) is 12.5. The van der Waals surface area contributed by atoms with Crippen molar-refractivity contribution in [2.24, 2.45) is 0 Å². The topological polar surface area (TPSA) is 49.0 Å². The number of nitrogens with one attached hydrogen (secondary N) is 1. The van der Waals surface area contributed by atoms with Gasteiger partial charge in [-0.2, -0.15) is 0 Å². The third-order valence-corrected chi connectivity index (χ3v) is 7.45. The van der Waals surface area contributed by atoms with E-state index in [2.05, 4.69) is 42.2 Å². The molecule has 0 aliphatic rings. The van der Waals surface area contributed by atoms with Gasteiger partial charge in [-0.15, -0.1) is 34.0 Å². The van der Waals surface area contributed by atoms with E-state index in [0.29, 0.717) is 5.39 Å². The van der Waals surface area contributed by atoms with E-state index < -0.39 is 0 Å². The molecule has 0 aromatic carbocycles. The van der Waals surface area contributed by atoms with E-state index in [1.807, 2.05) is 22.9 Å². The molecule has 0 fully saturated rings. The van der Waals surface area contributed by atoms with Crippen LogP contribution in [0, 0.1) is 6.92 Å². The molecule has 4 heterocycles. The quantitative estimate of drug-likeness (QED) is 0.495. The third kappa shape index (κ3) is 3.16. The molecule has 0 saturated heterocycles. The Labute approximate surface area is 163 Å². The summed E-state index contributed by atoms with van der Waals surface area (Å²) in [6.45, 7) is 5.06. The zero-order valence-electron chi connectivity index (χ0n) is 14.8. The second-order valence-electron chi connectivity index (χ2n) is 6.38. The molecule has 4 aromatic heterocycles. The van der Waals surface area contributed by atoms with Crippen LogP contribution in [0.3, 0.4) is 0 Å². The number of hydrogen-bond donors (Lipinski definition) is 1. The Morgan fingerprint density at radius 1 is 1.23 bits per heavy atom. The van der Waals surface area contributed by atoms with E-state index in [1.54, 1.807) is 22.7 Å². The first-order valence-corrected chi connectivity index (χ1v) is 11.0. The van der Waals surface area contributed by atoms with Crippen molar-refractivity contribution in [1.82, 2.24) is 14.9 Å². The molecule has 1 N–H and O–H groups in total. The molecule has 134 valence electrons. The number of aryl methyl sites for hydroxylation is 1. The molecule has 26 heavy (non-hydrogen) atoms. The van der Waals surface area contributed by atoms with E-state index in [4.69, 9.17) is 4.98 Å². The molecule has 0 bridgehead atoms. The average Bonchev–Trinajstić information content (AvgIpc) is 3.35. The first-order valence-electron chi connectivity index (χ1n) is 8.33. The van der Waals surface area contributed by atoms with Crippen molar-refractivity contribution >= 4 is 44.2 Å². The van der Waals surface area contributed by atoms with Gasteiger partial charge in [-0.1, -0.05) is 6.07 Å². The summed E-state index contributed by atoms with van der Waals surface area (Å²) >= 11 is 4.95. The van der Waals surface area contributed by atoms with Gasteiger partial charge in [-0.05, 0) is 49.4 Å². The predicted octanol–water partition coefficient (Wildman–Crippen LogP) is 5.28. The second kappa shape index (κ2) is 7.08. The summed E-state index contributed by atoms with van der Waals surface area (Å²) in [5, 5.41) is 6.88. The fourth-order valence-electron chi connectivity index (χ4n) is 2.91. The third-order valence-electron chi connectivity index (χ3n) is 4.67. The van der Waals surface area contributed by atoms with Crippen LogP contribution in [0.15, 0.2) is 39.1 Å². The summed E-state index contributed by atoms with van der Waals surface area (Å²) in [5.41, 5.74) is 2.24. The molecule has 4 aromatic rings. The number of fused-ring (bicyclic) bond motifs is 1. The van der Waals surface area contributed by atoms with Crippen LogP contribution in [-0.2, 0) is 6.54 Å². The van der Waals surface area contributed by atoms with Gasteiger partial charge in [-0.25, -0.2) is 4.98 Å². The van der Waals surface area contributed by atoms with E-state index in [9.17, 15) is 4.79 Å². The van der Waals surface area contributed by atoms with Crippen molar-refractivity contribution in [2.45, 2.75) is 26.4 Å². The van der Waals surface area contributed by atoms with Crippen LogP contribution in [0.2, 0.25) is 0 Å². The van der Waals surface area contributed by atoms with E-state index in [1.165, 1.54) is 21.8 Å². The van der Waals surface area contributed by atoms with Gasteiger partial charge in [0, 0.05) is 27.2 Å². The molecule has 0 spiro atoms. The summed E-state index contributed by atoms with van der Waals surface area (Å²) in [6, 6.07) is 6.21. The highest BCUT2D eigenvalue weighted by molar-refractivity contribution is 7.18. The summed E-state index contributed by atoms with van der Waals surface area (Å²) in [4.78, 5) is 26.0. The zero-order chi connectivity index (χ0) is 18.3. The minimum absolute atomic E-state index is 0.0286. The zero-order valence-corrected chi connectivity index (χ0v) is 17.2. The van der Waals surface area contributed by atoms with Crippen LogP contribution < -0.4 is 5.56 Å². The first kappa shape index (κ1) is 17.6. The minimum Gasteiger partial charge on any atom is -0.309 e. The molecule has 7 heteroatoms. The van der Waals surface area contributed by atoms with Crippen LogP contribution in [0.4, 0.5) is 0 Å². The monoisotopic (exact) mass is 401 g/mol. The van der Waals surface area contributed by atoms with Gasteiger partial charge in [0.1, 0.15) is 10.7 Å². The van der Waals surface area contributed by atoms with Crippen molar-refractivity contribution in [3.05, 3.63) is 61.0 Å². The molecule has 1 atom stereocenters. The average molecular weight is 402 g/mol. The predicted molar refractivity (Wildman–Crippen MR) is 112 cm³/mol. The van der Waals surface area contributed by atoms with Crippen LogP contribution in [0.5, 0.6) is 0 Å². The molecular formula is C19H19N3OS3. The number of aromatic amines is 1. The van der Waals surface area contributed by atoms with Gasteiger partial charge in [0.05, 0.1) is 11.4 Å². The molecule has 4 nitrogen and oxygen atoms in total. The van der Waals surface area contributed by atoms with Crippen molar-refractivity contribution in [2.75, 3.05) is 7.05 Å². The molecule has 0 aliphatic heterocycles. The lowest BCUT2D eigenvalue weighted by Crippen LogP contribution is -2.25. The highest BCUT2D eigenvalue weighted by Gasteiger charge is 2.19. The van der Waals surface area contributed by atoms with Gasteiger partial charge < -0.3 is 4.98 Å². The lowest BCUT2D eigenvalue weighted by Gasteiger charge is -2.23. The summed E-state index contributed by atoms with van der Waals surface area (Å²) in [5.74, 6) is 0.721. The Kier molecular flexibility index (Phi) is 4.79. The van der Waals surface area contributed by atoms with Crippen LogP contribution >= 0.6 is 34.0 Å². The van der Waals surface area contributed by atoms with Gasteiger partial charge in [0.15, 0.2) is 0 Å². The number of rotatable bonds is 5. The standard InChI is InChI=1S/C19H19N3OS3/c1-11-6-8-25-15(11)9-22(3)12(2)17-20-18(23)16-13(10-26-19(16)21-17)14-5-4-7-24-14/h4-8,10,12H,9H2,1-3H3,(H,20,21,23)/t12-/m0/s1. The normalized spacial score (nSPS) is 12.9. The Bertz CT molecular complexity index is 1090. The highest BCUT2D eigenvalue weighted by atomic mass is 32.1.